The summed E-state index contributed by atoms with van der Waals surface area (Å²) in [6.07, 6.45) is 13.6. The zero-order chi connectivity index (χ0) is 22.2. The minimum Gasteiger partial charge on any atom is -0.504 e. The van der Waals surface area contributed by atoms with Gasteiger partial charge in [-0.2, -0.15) is 0 Å². The van der Waals surface area contributed by atoms with Crippen molar-refractivity contribution < 1.29 is 24.5 Å². The molecule has 0 amide bonds. The van der Waals surface area contributed by atoms with Gasteiger partial charge in [0.2, 0.25) is 0 Å². The highest BCUT2D eigenvalue weighted by atomic mass is 16.5. The molecule has 0 radical (unpaired) electrons. The Bertz CT molecular complexity index is 990. The van der Waals surface area contributed by atoms with Crippen molar-refractivity contribution in [3.8, 4) is 23.0 Å². The Balaban J connectivity index is 1.70. The number of rotatable bonds is 6. The minimum atomic E-state index is 0.0622. The van der Waals surface area contributed by atoms with Gasteiger partial charge in [0.25, 0.3) is 0 Å². The van der Waals surface area contributed by atoms with Crippen LogP contribution in [0.1, 0.15) is 30.4 Å². The third kappa shape index (κ3) is 5.66. The Kier molecular flexibility index (Phi) is 7.33. The van der Waals surface area contributed by atoms with Gasteiger partial charge < -0.3 is 19.7 Å². The van der Waals surface area contributed by atoms with Gasteiger partial charge in [0.15, 0.2) is 28.8 Å². The first-order chi connectivity index (χ1) is 15.0. The average molecular weight is 418 g/mol. The lowest BCUT2D eigenvalue weighted by molar-refractivity contribution is -0.113. The minimum absolute atomic E-state index is 0.0622. The highest BCUT2D eigenvalue weighted by molar-refractivity contribution is 6.09. The summed E-state index contributed by atoms with van der Waals surface area (Å²) in [6.45, 7) is 0. The summed E-state index contributed by atoms with van der Waals surface area (Å²) < 4.78 is 10.2. The van der Waals surface area contributed by atoms with Crippen LogP contribution in [0.3, 0.4) is 0 Å². The van der Waals surface area contributed by atoms with Crippen LogP contribution < -0.4 is 9.47 Å². The Morgan fingerprint density at radius 2 is 1.23 bits per heavy atom. The molecule has 3 rings (SSSR count). The number of phenols is 2. The number of phenolic OH excluding ortho intramolecular Hbond substituents is 2. The van der Waals surface area contributed by atoms with Crippen LogP contribution in [-0.2, 0) is 4.79 Å². The number of carbonyl (C=O) groups excluding carboxylic acids is 1. The van der Waals surface area contributed by atoms with Gasteiger partial charge in [0, 0.05) is 0 Å². The molecular formula is C26H26O5. The summed E-state index contributed by atoms with van der Waals surface area (Å²) in [4.78, 5) is 12.8. The normalized spacial score (nSPS) is 17.2. The number of hydrogen-bond acceptors (Lipinski definition) is 5. The lowest BCUT2D eigenvalue weighted by Gasteiger charge is -2.15. The van der Waals surface area contributed by atoms with Crippen LogP contribution in [0, 0.1) is 0 Å². The molecule has 0 spiro atoms. The number of carbonyl (C=O) groups is 1. The molecule has 160 valence electrons. The molecule has 31 heavy (non-hydrogen) atoms. The second-order valence-corrected chi connectivity index (χ2v) is 7.15. The Morgan fingerprint density at radius 1 is 0.774 bits per heavy atom. The van der Waals surface area contributed by atoms with Gasteiger partial charge in [0.05, 0.1) is 14.2 Å². The van der Waals surface area contributed by atoms with Crippen molar-refractivity contribution in [3.05, 3.63) is 83.0 Å². The third-order valence-corrected chi connectivity index (χ3v) is 5.06. The van der Waals surface area contributed by atoms with E-state index in [0.29, 0.717) is 11.5 Å². The Hall–Kier alpha value is -3.73. The first kappa shape index (κ1) is 22.0. The van der Waals surface area contributed by atoms with E-state index in [2.05, 4.69) is 0 Å². The van der Waals surface area contributed by atoms with Crippen LogP contribution in [-0.4, -0.2) is 30.2 Å². The number of benzene rings is 2. The molecule has 5 nitrogen and oxygen atoms in total. The number of Topliss-reactive ketones (excluding diaryl/α,β-unsaturated/α-hetero) is 1. The molecule has 0 bridgehead atoms. The highest BCUT2D eigenvalue weighted by Crippen LogP contribution is 2.29. The molecule has 0 unspecified atom stereocenters. The number of ketones is 1. The molecule has 0 heterocycles. The largest absolute Gasteiger partial charge is 0.504 e. The van der Waals surface area contributed by atoms with Crippen LogP contribution >= 0.6 is 0 Å². The molecule has 0 aliphatic heterocycles. The van der Waals surface area contributed by atoms with Crippen molar-refractivity contribution in [2.75, 3.05) is 14.2 Å². The van der Waals surface area contributed by atoms with Crippen molar-refractivity contribution in [2.45, 2.75) is 19.3 Å². The lowest BCUT2D eigenvalue weighted by atomic mass is 9.88. The first-order valence-corrected chi connectivity index (χ1v) is 10.0. The first-order valence-electron chi connectivity index (χ1n) is 10.0. The van der Waals surface area contributed by atoms with E-state index in [-0.39, 0.29) is 17.3 Å². The van der Waals surface area contributed by atoms with Gasteiger partial charge in [-0.25, -0.2) is 0 Å². The second-order valence-electron chi connectivity index (χ2n) is 7.15. The molecular weight excluding hydrogens is 392 g/mol. The Morgan fingerprint density at radius 3 is 1.65 bits per heavy atom. The van der Waals surface area contributed by atoms with Crippen LogP contribution in [0.4, 0.5) is 0 Å². The van der Waals surface area contributed by atoms with E-state index in [4.69, 9.17) is 9.47 Å². The van der Waals surface area contributed by atoms with E-state index in [0.717, 1.165) is 41.5 Å². The Labute approximate surface area is 182 Å². The van der Waals surface area contributed by atoms with Gasteiger partial charge in [0.1, 0.15) is 0 Å². The predicted octanol–water partition coefficient (Wildman–Crippen LogP) is 5.45. The van der Waals surface area contributed by atoms with E-state index in [1.54, 1.807) is 36.4 Å². The van der Waals surface area contributed by atoms with Crippen molar-refractivity contribution in [2.24, 2.45) is 0 Å². The maximum absolute atomic E-state index is 12.8. The van der Waals surface area contributed by atoms with Gasteiger partial charge >= 0.3 is 0 Å². The number of hydrogen-bond donors (Lipinski definition) is 2. The van der Waals surface area contributed by atoms with Crippen LogP contribution in [0.5, 0.6) is 23.0 Å². The van der Waals surface area contributed by atoms with Crippen molar-refractivity contribution in [1.29, 1.82) is 0 Å². The van der Waals surface area contributed by atoms with Gasteiger partial charge in [-0.05, 0) is 65.8 Å². The third-order valence-electron chi connectivity index (χ3n) is 5.06. The zero-order valence-corrected chi connectivity index (χ0v) is 17.7. The van der Waals surface area contributed by atoms with Crippen LogP contribution in [0.15, 0.2) is 71.8 Å². The SMILES string of the molecule is COc1cc(C=CC=C2CCCC(=CC=Cc3ccc(O)c(OC)c3)C2=O)ccc1O. The topological polar surface area (TPSA) is 76.0 Å². The average Bonchev–Trinajstić information content (AvgIpc) is 2.78. The molecule has 2 aromatic carbocycles. The van der Waals surface area contributed by atoms with E-state index in [1.165, 1.54) is 14.2 Å². The standard InChI is InChI=1S/C26H26O5/c1-30-24-16-18(12-14-22(24)27)6-3-8-20-10-5-11-21(26(20)29)9-4-7-19-13-15-23(28)25(17-19)31-2/h3-4,6-9,12-17,27-28H,5,10-11H2,1-2H3. The fourth-order valence-electron chi connectivity index (χ4n) is 3.37. The molecule has 0 aromatic heterocycles. The molecule has 1 fully saturated rings. The van der Waals surface area contributed by atoms with Crippen molar-refractivity contribution in [1.82, 2.24) is 0 Å². The molecule has 0 saturated heterocycles. The summed E-state index contributed by atoms with van der Waals surface area (Å²) in [5.41, 5.74) is 3.30. The van der Waals surface area contributed by atoms with E-state index < -0.39 is 0 Å². The quantitative estimate of drug-likeness (QED) is 0.610. The van der Waals surface area contributed by atoms with E-state index in [9.17, 15) is 15.0 Å². The fraction of sp³-hybridized carbons (Fsp3) is 0.192. The summed E-state index contributed by atoms with van der Waals surface area (Å²) in [6, 6.07) is 10.2. The molecule has 0 atom stereocenters. The van der Waals surface area contributed by atoms with Crippen molar-refractivity contribution in [3.63, 3.8) is 0 Å². The number of aromatic hydroxyl groups is 2. The summed E-state index contributed by atoms with van der Waals surface area (Å²) in [5.74, 6) is 1.06. The molecule has 1 saturated carbocycles. The molecule has 1 aliphatic carbocycles. The monoisotopic (exact) mass is 418 g/mol. The van der Waals surface area contributed by atoms with Gasteiger partial charge in [-0.3, -0.25) is 4.79 Å². The number of ether oxygens (including phenoxy) is 2. The fourth-order valence-corrected chi connectivity index (χ4v) is 3.37. The van der Waals surface area contributed by atoms with Crippen LogP contribution in [0.25, 0.3) is 12.2 Å². The number of methoxy groups -OCH3 is 2. The lowest BCUT2D eigenvalue weighted by Crippen LogP contribution is -2.12. The van der Waals surface area contributed by atoms with Gasteiger partial charge in [-0.15, -0.1) is 0 Å². The summed E-state index contributed by atoms with van der Waals surface area (Å²) in [7, 11) is 3.01. The molecule has 1 aliphatic rings. The van der Waals surface area contributed by atoms with E-state index in [1.807, 2.05) is 36.5 Å². The molecule has 2 aromatic rings. The van der Waals surface area contributed by atoms with Crippen molar-refractivity contribution >= 4 is 17.9 Å². The smallest absolute Gasteiger partial charge is 0.184 e. The number of allylic oxidation sites excluding steroid dienone is 6. The molecule has 2 N–H and O–H groups in total. The van der Waals surface area contributed by atoms with Gasteiger partial charge in [-0.1, -0.05) is 48.6 Å². The predicted molar refractivity (Wildman–Crippen MR) is 122 cm³/mol. The maximum atomic E-state index is 12.8. The van der Waals surface area contributed by atoms with Crippen LogP contribution in [0.2, 0.25) is 0 Å². The van der Waals surface area contributed by atoms with E-state index >= 15 is 0 Å². The second kappa shape index (κ2) is 10.3. The summed E-state index contributed by atoms with van der Waals surface area (Å²) in [5, 5.41) is 19.4. The zero-order valence-electron chi connectivity index (χ0n) is 17.7. The maximum Gasteiger partial charge on any atom is 0.184 e. The summed E-state index contributed by atoms with van der Waals surface area (Å²) >= 11 is 0. The highest BCUT2D eigenvalue weighted by Gasteiger charge is 2.19. The molecule has 5 heteroatoms.